The maximum atomic E-state index is 13.0. The lowest BCUT2D eigenvalue weighted by atomic mass is 9.98. The summed E-state index contributed by atoms with van der Waals surface area (Å²) < 4.78 is 11.6. The van der Waals surface area contributed by atoms with E-state index in [1.54, 1.807) is 12.4 Å². The molecule has 0 radical (unpaired) electrons. The molecule has 1 amide bonds. The maximum Gasteiger partial charge on any atom is 0.257 e. The van der Waals surface area contributed by atoms with Crippen LogP contribution in [-0.4, -0.2) is 34.0 Å². The van der Waals surface area contributed by atoms with Crippen LogP contribution in [0.1, 0.15) is 47.6 Å². The molecule has 2 aliphatic heterocycles. The highest BCUT2D eigenvalue weighted by Crippen LogP contribution is 2.38. The van der Waals surface area contributed by atoms with E-state index in [0.717, 1.165) is 37.2 Å². The number of aromatic nitrogens is 1. The number of carbonyl (C=O) groups is 1. The second kappa shape index (κ2) is 5.96. The summed E-state index contributed by atoms with van der Waals surface area (Å²) in [4.78, 5) is 19.1. The highest BCUT2D eigenvalue weighted by atomic mass is 16.5. The molecular weight excluding hydrogens is 304 g/mol. The minimum atomic E-state index is 0.108. The molecule has 2 aliphatic rings. The lowest BCUT2D eigenvalue weighted by Gasteiger charge is -2.38. The smallest absolute Gasteiger partial charge is 0.257 e. The van der Waals surface area contributed by atoms with Crippen molar-refractivity contribution in [1.29, 1.82) is 0 Å². The van der Waals surface area contributed by atoms with E-state index in [0.29, 0.717) is 11.3 Å². The van der Waals surface area contributed by atoms with Crippen LogP contribution in [0.3, 0.4) is 0 Å². The third kappa shape index (κ3) is 2.68. The summed E-state index contributed by atoms with van der Waals surface area (Å²) in [6.07, 6.45) is 7.52. The Hall–Kier alpha value is -2.30. The van der Waals surface area contributed by atoms with E-state index in [-0.39, 0.29) is 24.1 Å². The molecule has 2 bridgehead atoms. The maximum absolute atomic E-state index is 13.0. The van der Waals surface area contributed by atoms with Crippen molar-refractivity contribution in [2.75, 3.05) is 0 Å². The van der Waals surface area contributed by atoms with Gasteiger partial charge in [0.1, 0.15) is 23.4 Å². The average Bonchev–Trinajstić information content (AvgIpc) is 3.04. The van der Waals surface area contributed by atoms with Crippen molar-refractivity contribution in [3.05, 3.63) is 47.7 Å². The first-order valence-electron chi connectivity index (χ1n) is 8.58. The van der Waals surface area contributed by atoms with Gasteiger partial charge in [0.2, 0.25) is 0 Å². The van der Waals surface area contributed by atoms with Gasteiger partial charge in [-0.15, -0.1) is 0 Å². The fraction of sp³-hybridized carbons (Fsp3) is 0.474. The van der Waals surface area contributed by atoms with Crippen LogP contribution in [0.15, 0.2) is 35.0 Å². The van der Waals surface area contributed by atoms with Crippen molar-refractivity contribution < 1.29 is 13.9 Å². The molecule has 0 aliphatic carbocycles. The lowest BCUT2D eigenvalue weighted by Crippen LogP contribution is -2.49. The van der Waals surface area contributed by atoms with Crippen LogP contribution in [0, 0.1) is 13.8 Å². The molecule has 4 rings (SSSR count). The average molecular weight is 326 g/mol. The second-order valence-corrected chi connectivity index (χ2v) is 6.82. The zero-order valence-electron chi connectivity index (χ0n) is 14.1. The summed E-state index contributed by atoms with van der Waals surface area (Å²) in [6, 6.07) is 6.19. The van der Waals surface area contributed by atoms with Gasteiger partial charge in [-0.1, -0.05) is 0 Å². The number of fused-ring (bicyclic) bond motifs is 2. The molecule has 24 heavy (non-hydrogen) atoms. The molecule has 4 heterocycles. The van der Waals surface area contributed by atoms with Crippen LogP contribution in [0.5, 0.6) is 5.75 Å². The largest absolute Gasteiger partial charge is 0.489 e. The molecule has 2 aromatic heterocycles. The Labute approximate surface area is 141 Å². The number of ether oxygens (including phenoxy) is 1. The van der Waals surface area contributed by atoms with Crippen LogP contribution in [-0.2, 0) is 0 Å². The first-order valence-corrected chi connectivity index (χ1v) is 8.58. The highest BCUT2D eigenvalue weighted by molar-refractivity contribution is 5.96. The molecule has 2 atom stereocenters. The van der Waals surface area contributed by atoms with E-state index in [1.807, 2.05) is 32.0 Å². The number of carbonyl (C=O) groups excluding carboxylic acids is 1. The van der Waals surface area contributed by atoms with E-state index in [9.17, 15) is 4.79 Å². The predicted octanol–water partition coefficient (Wildman–Crippen LogP) is 3.51. The molecule has 0 aromatic carbocycles. The quantitative estimate of drug-likeness (QED) is 0.866. The molecule has 2 fully saturated rings. The number of piperidine rings is 1. The minimum absolute atomic E-state index is 0.108. The third-order valence-corrected chi connectivity index (χ3v) is 5.13. The van der Waals surface area contributed by atoms with Gasteiger partial charge >= 0.3 is 0 Å². The van der Waals surface area contributed by atoms with Gasteiger partial charge in [-0.3, -0.25) is 9.78 Å². The van der Waals surface area contributed by atoms with E-state index < -0.39 is 0 Å². The van der Waals surface area contributed by atoms with Crippen molar-refractivity contribution >= 4 is 5.91 Å². The van der Waals surface area contributed by atoms with Gasteiger partial charge in [0.25, 0.3) is 5.91 Å². The molecule has 0 spiro atoms. The van der Waals surface area contributed by atoms with E-state index in [2.05, 4.69) is 9.88 Å². The first kappa shape index (κ1) is 15.2. The fourth-order valence-electron chi connectivity index (χ4n) is 4.15. The van der Waals surface area contributed by atoms with E-state index in [4.69, 9.17) is 9.15 Å². The summed E-state index contributed by atoms with van der Waals surface area (Å²) in [7, 11) is 0. The Morgan fingerprint density at radius 2 is 2.04 bits per heavy atom. The zero-order chi connectivity index (χ0) is 16.7. The number of nitrogens with zero attached hydrogens (tertiary/aromatic N) is 2. The molecule has 2 saturated heterocycles. The standard InChI is InChI=1S/C19H22N2O3/c1-12-8-18(13(2)23-12)19(22)21-14-5-6-15(21)10-17(9-14)24-16-4-3-7-20-11-16/h3-4,7-8,11,14-15,17H,5-6,9-10H2,1-2H3. The molecule has 5 heteroatoms. The molecule has 2 aromatic rings. The van der Waals surface area contributed by atoms with Crippen molar-refractivity contribution in [1.82, 2.24) is 9.88 Å². The van der Waals surface area contributed by atoms with E-state index >= 15 is 0 Å². The second-order valence-electron chi connectivity index (χ2n) is 6.82. The number of amides is 1. The van der Waals surface area contributed by atoms with Gasteiger partial charge in [-0.2, -0.15) is 0 Å². The van der Waals surface area contributed by atoms with Crippen LogP contribution in [0.4, 0.5) is 0 Å². The molecular formula is C19H22N2O3. The number of hydrogen-bond donors (Lipinski definition) is 0. The Kier molecular flexibility index (Phi) is 3.79. The zero-order valence-corrected chi connectivity index (χ0v) is 14.1. The van der Waals surface area contributed by atoms with Crippen molar-refractivity contribution in [3.63, 3.8) is 0 Å². The van der Waals surface area contributed by atoms with Crippen LogP contribution in [0.25, 0.3) is 0 Å². The fourth-order valence-corrected chi connectivity index (χ4v) is 4.15. The first-order chi connectivity index (χ1) is 11.6. The van der Waals surface area contributed by atoms with Gasteiger partial charge in [-0.05, 0) is 44.9 Å². The molecule has 126 valence electrons. The predicted molar refractivity (Wildman–Crippen MR) is 89.0 cm³/mol. The number of rotatable bonds is 3. The SMILES string of the molecule is Cc1cc(C(=O)N2C3CCC2CC(Oc2cccnc2)C3)c(C)o1. The Morgan fingerprint density at radius 3 is 2.62 bits per heavy atom. The summed E-state index contributed by atoms with van der Waals surface area (Å²) in [5, 5.41) is 0. The minimum Gasteiger partial charge on any atom is -0.489 e. The van der Waals surface area contributed by atoms with Gasteiger partial charge < -0.3 is 14.1 Å². The van der Waals surface area contributed by atoms with Crippen LogP contribution < -0.4 is 4.74 Å². The van der Waals surface area contributed by atoms with Crippen molar-refractivity contribution in [3.8, 4) is 5.75 Å². The van der Waals surface area contributed by atoms with Crippen molar-refractivity contribution in [2.45, 2.75) is 57.7 Å². The summed E-state index contributed by atoms with van der Waals surface area (Å²) in [5.74, 6) is 2.42. The van der Waals surface area contributed by atoms with Crippen molar-refractivity contribution in [2.24, 2.45) is 0 Å². The monoisotopic (exact) mass is 326 g/mol. The molecule has 5 nitrogen and oxygen atoms in total. The lowest BCUT2D eigenvalue weighted by molar-refractivity contribution is 0.0356. The number of hydrogen-bond acceptors (Lipinski definition) is 4. The normalized spacial score (nSPS) is 25.8. The molecule has 0 N–H and O–H groups in total. The van der Waals surface area contributed by atoms with Crippen LogP contribution >= 0.6 is 0 Å². The highest BCUT2D eigenvalue weighted by Gasteiger charge is 2.44. The molecule has 2 unspecified atom stereocenters. The van der Waals surface area contributed by atoms with E-state index in [1.165, 1.54) is 0 Å². The number of furan rings is 1. The van der Waals surface area contributed by atoms with Gasteiger partial charge in [0.05, 0.1) is 11.8 Å². The van der Waals surface area contributed by atoms with Gasteiger partial charge in [0, 0.05) is 31.1 Å². The van der Waals surface area contributed by atoms with Gasteiger partial charge in [-0.25, -0.2) is 0 Å². The Bertz CT molecular complexity index is 726. The topological polar surface area (TPSA) is 55.6 Å². The third-order valence-electron chi connectivity index (χ3n) is 5.13. The van der Waals surface area contributed by atoms with Crippen LogP contribution in [0.2, 0.25) is 0 Å². The summed E-state index contributed by atoms with van der Waals surface area (Å²) in [5.41, 5.74) is 0.705. The number of aryl methyl sites for hydroxylation is 2. The summed E-state index contributed by atoms with van der Waals surface area (Å²) >= 11 is 0. The van der Waals surface area contributed by atoms with Gasteiger partial charge in [0.15, 0.2) is 0 Å². The Morgan fingerprint density at radius 1 is 1.29 bits per heavy atom. The number of pyridine rings is 1. The summed E-state index contributed by atoms with van der Waals surface area (Å²) in [6.45, 7) is 3.74. The Balaban J connectivity index is 1.49. The molecule has 0 saturated carbocycles.